The molecule has 0 aliphatic carbocycles. The maximum Gasteiger partial charge on any atom is 0.00345 e. The highest BCUT2D eigenvalue weighted by atomic mass is 14.2. The summed E-state index contributed by atoms with van der Waals surface area (Å²) in [6.45, 7) is 25.5. The van der Waals surface area contributed by atoms with Crippen LogP contribution in [0.2, 0.25) is 0 Å². The Hall–Kier alpha value is -1.04. The molecule has 0 aromatic carbocycles. The predicted molar refractivity (Wildman–Crippen MR) is 84.7 cm³/mol. The summed E-state index contributed by atoms with van der Waals surface area (Å²) < 4.78 is 0. The molecule has 0 nitrogen and oxygen atoms in total. The Bertz CT molecular complexity index is 358. The lowest BCUT2D eigenvalue weighted by molar-refractivity contribution is 0.571. The zero-order valence-corrected chi connectivity index (χ0v) is 13.6. The van der Waals surface area contributed by atoms with Crippen molar-refractivity contribution >= 4 is 0 Å². The van der Waals surface area contributed by atoms with Crippen molar-refractivity contribution in [3.05, 3.63) is 47.6 Å². The molecular weight excluding hydrogens is 216 g/mol. The zero-order chi connectivity index (χ0) is 14.7. The summed E-state index contributed by atoms with van der Waals surface area (Å²) in [4.78, 5) is 0. The molecule has 0 heterocycles. The minimum Gasteiger partial charge on any atom is -0.0993 e. The molecular formula is C18H30. The van der Waals surface area contributed by atoms with E-state index in [-0.39, 0.29) is 10.8 Å². The molecule has 0 spiro atoms. The van der Waals surface area contributed by atoms with Gasteiger partial charge in [0.05, 0.1) is 0 Å². The van der Waals surface area contributed by atoms with Crippen molar-refractivity contribution in [2.75, 3.05) is 0 Å². The summed E-state index contributed by atoms with van der Waals surface area (Å²) in [5, 5.41) is 0. The molecule has 0 aromatic heterocycles. The van der Waals surface area contributed by atoms with Gasteiger partial charge in [-0.1, -0.05) is 75.3 Å². The Morgan fingerprint density at radius 3 is 1.06 bits per heavy atom. The minimum atomic E-state index is 0.0482. The lowest BCUT2D eigenvalue weighted by atomic mass is 9.80. The van der Waals surface area contributed by atoms with E-state index in [1.54, 1.807) is 0 Å². The Morgan fingerprint density at radius 1 is 0.667 bits per heavy atom. The van der Waals surface area contributed by atoms with E-state index in [1.807, 2.05) is 0 Å². The normalized spacial score (nSPS) is 14.7. The molecule has 0 radical (unpaired) electrons. The largest absolute Gasteiger partial charge is 0.0993 e. The molecule has 0 unspecified atom stereocenters. The SMILES string of the molecule is C=C(C)C(C)(C)C=C(C)C(C)=CC(C)(C)C(=C)C. The molecule has 0 aliphatic heterocycles. The first-order chi connectivity index (χ1) is 7.90. The van der Waals surface area contributed by atoms with Crippen LogP contribution in [0.25, 0.3) is 0 Å². The average molecular weight is 246 g/mol. The van der Waals surface area contributed by atoms with Gasteiger partial charge in [0.15, 0.2) is 0 Å². The van der Waals surface area contributed by atoms with Crippen LogP contribution in [-0.4, -0.2) is 0 Å². The van der Waals surface area contributed by atoms with Gasteiger partial charge in [0.1, 0.15) is 0 Å². The Balaban J connectivity index is 5.31. The van der Waals surface area contributed by atoms with Crippen LogP contribution in [0.15, 0.2) is 47.6 Å². The average Bonchev–Trinajstić information content (AvgIpc) is 2.15. The molecule has 0 aromatic rings. The van der Waals surface area contributed by atoms with Crippen LogP contribution in [0.1, 0.15) is 55.4 Å². The smallest absolute Gasteiger partial charge is 0.00345 e. The standard InChI is InChI=1S/C18H30/c1-13(2)17(7,8)11-15(5)16(6)12-18(9,10)14(3)4/h11-12H,1,3H2,2,4-10H3. The quantitative estimate of drug-likeness (QED) is 0.407. The van der Waals surface area contributed by atoms with E-state index in [0.29, 0.717) is 0 Å². The van der Waals surface area contributed by atoms with Crippen LogP contribution in [-0.2, 0) is 0 Å². The summed E-state index contributed by atoms with van der Waals surface area (Å²) in [5.74, 6) is 0. The van der Waals surface area contributed by atoms with Crippen LogP contribution in [0.3, 0.4) is 0 Å². The lowest BCUT2D eigenvalue weighted by Gasteiger charge is -2.25. The van der Waals surface area contributed by atoms with Crippen LogP contribution in [0.5, 0.6) is 0 Å². The van der Waals surface area contributed by atoms with Gasteiger partial charge in [-0.25, -0.2) is 0 Å². The molecule has 0 saturated heterocycles. The molecule has 0 amide bonds. The van der Waals surface area contributed by atoms with Crippen molar-refractivity contribution in [1.29, 1.82) is 0 Å². The van der Waals surface area contributed by atoms with E-state index in [1.165, 1.54) is 22.3 Å². The monoisotopic (exact) mass is 246 g/mol. The second kappa shape index (κ2) is 5.73. The number of hydrogen-bond acceptors (Lipinski definition) is 0. The van der Waals surface area contributed by atoms with E-state index >= 15 is 0 Å². The molecule has 0 aliphatic rings. The summed E-state index contributed by atoms with van der Waals surface area (Å²) in [7, 11) is 0. The summed E-state index contributed by atoms with van der Waals surface area (Å²) in [5.41, 5.74) is 5.11. The van der Waals surface area contributed by atoms with Gasteiger partial charge in [-0.2, -0.15) is 0 Å². The van der Waals surface area contributed by atoms with Crippen LogP contribution in [0.4, 0.5) is 0 Å². The van der Waals surface area contributed by atoms with Crippen molar-refractivity contribution < 1.29 is 0 Å². The van der Waals surface area contributed by atoms with Crippen LogP contribution in [0, 0.1) is 10.8 Å². The van der Waals surface area contributed by atoms with Gasteiger partial charge in [0.2, 0.25) is 0 Å². The van der Waals surface area contributed by atoms with Crippen molar-refractivity contribution in [3.8, 4) is 0 Å². The molecule has 18 heavy (non-hydrogen) atoms. The van der Waals surface area contributed by atoms with Crippen molar-refractivity contribution in [1.82, 2.24) is 0 Å². The highest BCUT2D eigenvalue weighted by molar-refractivity contribution is 5.34. The highest BCUT2D eigenvalue weighted by Gasteiger charge is 2.18. The highest BCUT2D eigenvalue weighted by Crippen LogP contribution is 2.32. The maximum atomic E-state index is 4.06. The Kier molecular flexibility index (Phi) is 5.40. The first-order valence-corrected chi connectivity index (χ1v) is 6.61. The Morgan fingerprint density at radius 2 is 0.889 bits per heavy atom. The molecule has 0 rings (SSSR count). The summed E-state index contributed by atoms with van der Waals surface area (Å²) >= 11 is 0. The maximum absolute atomic E-state index is 4.06. The van der Waals surface area contributed by atoms with E-state index < -0.39 is 0 Å². The van der Waals surface area contributed by atoms with E-state index in [0.717, 1.165) is 0 Å². The Labute approximate surface area is 114 Å². The zero-order valence-electron chi connectivity index (χ0n) is 13.6. The molecule has 102 valence electrons. The summed E-state index contributed by atoms with van der Waals surface area (Å²) in [6.07, 6.45) is 4.60. The first kappa shape index (κ1) is 17.0. The lowest BCUT2D eigenvalue weighted by Crippen LogP contribution is -2.11. The van der Waals surface area contributed by atoms with Gasteiger partial charge < -0.3 is 0 Å². The molecule has 0 bridgehead atoms. The summed E-state index contributed by atoms with van der Waals surface area (Å²) in [6, 6.07) is 0. The number of hydrogen-bond donors (Lipinski definition) is 0. The molecule has 0 saturated carbocycles. The second-order valence-electron chi connectivity index (χ2n) is 6.66. The van der Waals surface area contributed by atoms with E-state index in [4.69, 9.17) is 0 Å². The first-order valence-electron chi connectivity index (χ1n) is 6.61. The third-order valence-electron chi connectivity index (χ3n) is 3.98. The van der Waals surface area contributed by atoms with Crippen molar-refractivity contribution in [2.24, 2.45) is 10.8 Å². The van der Waals surface area contributed by atoms with Crippen LogP contribution >= 0.6 is 0 Å². The number of allylic oxidation sites excluding steroid dienone is 6. The van der Waals surface area contributed by atoms with Gasteiger partial charge in [0.25, 0.3) is 0 Å². The van der Waals surface area contributed by atoms with Gasteiger partial charge in [0, 0.05) is 10.8 Å². The van der Waals surface area contributed by atoms with E-state index in [9.17, 15) is 0 Å². The van der Waals surface area contributed by atoms with Gasteiger partial charge in [-0.05, 0) is 27.7 Å². The van der Waals surface area contributed by atoms with Gasteiger partial charge in [-0.3, -0.25) is 0 Å². The van der Waals surface area contributed by atoms with Crippen molar-refractivity contribution in [2.45, 2.75) is 55.4 Å². The third-order valence-corrected chi connectivity index (χ3v) is 3.98. The molecule has 0 heteroatoms. The number of rotatable bonds is 5. The van der Waals surface area contributed by atoms with E-state index in [2.05, 4.69) is 80.7 Å². The fourth-order valence-corrected chi connectivity index (χ4v) is 1.56. The van der Waals surface area contributed by atoms with Gasteiger partial charge in [-0.15, -0.1) is 0 Å². The molecule has 0 atom stereocenters. The van der Waals surface area contributed by atoms with Gasteiger partial charge >= 0.3 is 0 Å². The second-order valence-corrected chi connectivity index (χ2v) is 6.66. The van der Waals surface area contributed by atoms with Crippen LogP contribution < -0.4 is 0 Å². The third kappa shape index (κ3) is 4.68. The topological polar surface area (TPSA) is 0 Å². The molecule has 0 fully saturated rings. The minimum absolute atomic E-state index is 0.0482. The molecule has 0 N–H and O–H groups in total. The fourth-order valence-electron chi connectivity index (χ4n) is 1.56. The van der Waals surface area contributed by atoms with Crippen molar-refractivity contribution in [3.63, 3.8) is 0 Å². The predicted octanol–water partition coefficient (Wildman–Crippen LogP) is 6.08. The fraction of sp³-hybridized carbons (Fsp3) is 0.556.